The second kappa shape index (κ2) is 4.16. The highest BCUT2D eigenvalue weighted by atomic mass is 16.5. The second-order valence-corrected chi connectivity index (χ2v) is 4.94. The van der Waals surface area contributed by atoms with Gasteiger partial charge >= 0.3 is 0 Å². The van der Waals surface area contributed by atoms with Crippen molar-refractivity contribution < 1.29 is 9.84 Å². The van der Waals surface area contributed by atoms with Crippen LogP contribution in [0.5, 0.6) is 5.75 Å². The molecule has 0 saturated heterocycles. The van der Waals surface area contributed by atoms with Crippen molar-refractivity contribution in [1.82, 2.24) is 0 Å². The Morgan fingerprint density at radius 3 is 2.26 bits per heavy atom. The van der Waals surface area contributed by atoms with Crippen LogP contribution in [0, 0.1) is 13.8 Å². The van der Waals surface area contributed by atoms with Gasteiger partial charge in [-0.1, -0.05) is 18.2 Å². The molecule has 1 aliphatic carbocycles. The molecule has 3 rings (SSSR count). The summed E-state index contributed by atoms with van der Waals surface area (Å²) in [5, 5.41) is 9.86. The monoisotopic (exact) mass is 252 g/mol. The lowest BCUT2D eigenvalue weighted by Crippen LogP contribution is -2.02. The number of fused-ring (bicyclic) bond motifs is 1. The van der Waals surface area contributed by atoms with Gasteiger partial charge < -0.3 is 9.84 Å². The largest absolute Gasteiger partial charge is 0.507 e. The fraction of sp³-hybridized carbons (Fsp3) is 0.176. The van der Waals surface area contributed by atoms with Crippen LogP contribution < -0.4 is 4.74 Å². The third-order valence-electron chi connectivity index (χ3n) is 3.66. The lowest BCUT2D eigenvalue weighted by molar-refractivity contribution is 0.414. The summed E-state index contributed by atoms with van der Waals surface area (Å²) >= 11 is 0. The van der Waals surface area contributed by atoms with Gasteiger partial charge in [0, 0.05) is 5.56 Å². The smallest absolute Gasteiger partial charge is 0.124 e. The lowest BCUT2D eigenvalue weighted by Gasteiger charge is -2.22. The predicted octanol–water partition coefficient (Wildman–Crippen LogP) is 4.35. The van der Waals surface area contributed by atoms with Crippen LogP contribution in [-0.2, 0) is 0 Å². The minimum absolute atomic E-state index is 0.375. The van der Waals surface area contributed by atoms with Gasteiger partial charge in [-0.15, -0.1) is 0 Å². The zero-order valence-corrected chi connectivity index (χ0v) is 11.3. The van der Waals surface area contributed by atoms with E-state index in [0.717, 1.165) is 33.6 Å². The first-order valence-electron chi connectivity index (χ1n) is 6.31. The standard InChI is InChI=1S/C17H16O2/c1-10-7-13(19-3)8-11(2)16(10)14-6-4-5-12-9-15(18)17(12)14/h4-9,18H,1-3H3. The Morgan fingerprint density at radius 2 is 1.68 bits per heavy atom. The third kappa shape index (κ3) is 1.72. The van der Waals surface area contributed by atoms with Crippen molar-refractivity contribution in [3.05, 3.63) is 52.6 Å². The van der Waals surface area contributed by atoms with E-state index in [0.29, 0.717) is 5.76 Å². The molecular formula is C17H16O2. The molecule has 0 saturated carbocycles. The van der Waals surface area contributed by atoms with E-state index in [9.17, 15) is 5.11 Å². The first-order valence-corrected chi connectivity index (χ1v) is 6.31. The summed E-state index contributed by atoms with van der Waals surface area (Å²) in [6, 6.07) is 10.2. The molecule has 2 heteroatoms. The number of hydrogen-bond acceptors (Lipinski definition) is 2. The van der Waals surface area contributed by atoms with Crippen LogP contribution in [0.25, 0.3) is 23.0 Å². The van der Waals surface area contributed by atoms with Gasteiger partial charge in [0.25, 0.3) is 0 Å². The Bertz CT molecular complexity index is 673. The van der Waals surface area contributed by atoms with Crippen LogP contribution in [0.1, 0.15) is 22.3 Å². The number of benzene rings is 2. The van der Waals surface area contributed by atoms with E-state index in [-0.39, 0.29) is 0 Å². The number of hydrogen-bond donors (Lipinski definition) is 1. The number of rotatable bonds is 2. The van der Waals surface area contributed by atoms with Crippen molar-refractivity contribution in [1.29, 1.82) is 0 Å². The summed E-state index contributed by atoms with van der Waals surface area (Å²) in [5.74, 6) is 1.24. The molecule has 0 amide bonds. The van der Waals surface area contributed by atoms with Gasteiger partial charge in [-0.25, -0.2) is 0 Å². The zero-order chi connectivity index (χ0) is 13.6. The minimum Gasteiger partial charge on any atom is -0.507 e. The highest BCUT2D eigenvalue weighted by Crippen LogP contribution is 2.41. The first kappa shape index (κ1) is 11.8. The second-order valence-electron chi connectivity index (χ2n) is 4.94. The topological polar surface area (TPSA) is 29.5 Å². The van der Waals surface area contributed by atoms with Gasteiger partial charge in [0.15, 0.2) is 0 Å². The molecule has 0 bridgehead atoms. The fourth-order valence-electron chi connectivity index (χ4n) is 2.79. The summed E-state index contributed by atoms with van der Waals surface area (Å²) in [4.78, 5) is 0. The quantitative estimate of drug-likeness (QED) is 0.861. The predicted molar refractivity (Wildman–Crippen MR) is 78.4 cm³/mol. The normalized spacial score (nSPS) is 12.5. The number of aryl methyl sites for hydroxylation is 2. The molecule has 0 radical (unpaired) electrons. The van der Waals surface area contributed by atoms with E-state index in [2.05, 4.69) is 19.9 Å². The summed E-state index contributed by atoms with van der Waals surface area (Å²) < 4.78 is 5.30. The first-order chi connectivity index (χ1) is 9.11. The lowest BCUT2D eigenvalue weighted by atomic mass is 9.84. The molecule has 1 aliphatic rings. The molecule has 0 heterocycles. The molecule has 0 atom stereocenters. The van der Waals surface area contributed by atoms with Crippen molar-refractivity contribution >= 4 is 11.8 Å². The van der Waals surface area contributed by atoms with Gasteiger partial charge in [-0.3, -0.25) is 0 Å². The molecule has 1 N–H and O–H groups in total. The minimum atomic E-state index is 0.375. The van der Waals surface area contributed by atoms with Gasteiger partial charge in [0.05, 0.1) is 7.11 Å². The van der Waals surface area contributed by atoms with Crippen molar-refractivity contribution in [2.75, 3.05) is 7.11 Å². The van der Waals surface area contributed by atoms with E-state index in [1.165, 1.54) is 5.56 Å². The molecule has 2 aromatic rings. The number of methoxy groups -OCH3 is 1. The molecular weight excluding hydrogens is 236 g/mol. The van der Waals surface area contributed by atoms with Crippen LogP contribution >= 0.6 is 0 Å². The Balaban J connectivity index is 2.23. The number of ether oxygens (including phenoxy) is 1. The van der Waals surface area contributed by atoms with Crippen molar-refractivity contribution in [2.45, 2.75) is 13.8 Å². The molecule has 0 fully saturated rings. The zero-order valence-electron chi connectivity index (χ0n) is 11.3. The van der Waals surface area contributed by atoms with Crippen molar-refractivity contribution in [3.63, 3.8) is 0 Å². The highest BCUT2D eigenvalue weighted by molar-refractivity contribution is 5.99. The van der Waals surface area contributed by atoms with Crippen LogP contribution in [0.15, 0.2) is 30.3 Å². The fourth-order valence-corrected chi connectivity index (χ4v) is 2.79. The molecule has 0 aromatic heterocycles. The molecule has 2 aromatic carbocycles. The molecule has 0 unspecified atom stereocenters. The van der Waals surface area contributed by atoms with Gasteiger partial charge in [-0.05, 0) is 59.9 Å². The van der Waals surface area contributed by atoms with E-state index in [1.54, 1.807) is 13.2 Å². The van der Waals surface area contributed by atoms with Gasteiger partial charge in [0.1, 0.15) is 11.5 Å². The average molecular weight is 252 g/mol. The Kier molecular flexibility index (Phi) is 2.59. The summed E-state index contributed by atoms with van der Waals surface area (Å²) in [7, 11) is 1.68. The van der Waals surface area contributed by atoms with E-state index in [4.69, 9.17) is 4.74 Å². The van der Waals surface area contributed by atoms with Crippen LogP contribution in [0.3, 0.4) is 0 Å². The van der Waals surface area contributed by atoms with Crippen LogP contribution in [-0.4, -0.2) is 12.2 Å². The van der Waals surface area contributed by atoms with E-state index >= 15 is 0 Å². The van der Waals surface area contributed by atoms with Crippen molar-refractivity contribution in [2.24, 2.45) is 0 Å². The van der Waals surface area contributed by atoms with Gasteiger partial charge in [-0.2, -0.15) is 0 Å². The summed E-state index contributed by atoms with van der Waals surface area (Å²) in [6.45, 7) is 4.15. The van der Waals surface area contributed by atoms with Gasteiger partial charge in [0.2, 0.25) is 0 Å². The molecule has 96 valence electrons. The Labute approximate surface area is 113 Å². The SMILES string of the molecule is COc1cc(C)c(-c2cccc3c2C(O)=C3)c(C)c1. The van der Waals surface area contributed by atoms with Crippen LogP contribution in [0.2, 0.25) is 0 Å². The maximum absolute atomic E-state index is 9.86. The highest BCUT2D eigenvalue weighted by Gasteiger charge is 2.21. The van der Waals surface area contributed by atoms with Crippen molar-refractivity contribution in [3.8, 4) is 16.9 Å². The average Bonchev–Trinajstić information content (AvgIpc) is 2.36. The number of aliphatic hydroxyl groups is 1. The molecule has 0 spiro atoms. The maximum Gasteiger partial charge on any atom is 0.124 e. The Morgan fingerprint density at radius 1 is 1.00 bits per heavy atom. The molecule has 2 nitrogen and oxygen atoms in total. The van der Waals surface area contributed by atoms with E-state index < -0.39 is 0 Å². The van der Waals surface area contributed by atoms with E-state index in [1.807, 2.05) is 24.3 Å². The third-order valence-corrected chi connectivity index (χ3v) is 3.66. The molecule has 0 aliphatic heterocycles. The van der Waals surface area contributed by atoms with Crippen LogP contribution in [0.4, 0.5) is 0 Å². The molecule has 19 heavy (non-hydrogen) atoms. The number of aliphatic hydroxyl groups excluding tert-OH is 1. The summed E-state index contributed by atoms with van der Waals surface area (Å²) in [5.41, 5.74) is 6.64. The summed E-state index contributed by atoms with van der Waals surface area (Å²) in [6.07, 6.45) is 1.80. The maximum atomic E-state index is 9.86. The Hall–Kier alpha value is -2.22.